The fourth-order valence-electron chi connectivity index (χ4n) is 5.07. The summed E-state index contributed by atoms with van der Waals surface area (Å²) in [6.07, 6.45) is 4.66. The first-order valence-electron chi connectivity index (χ1n) is 13.1. The summed E-state index contributed by atoms with van der Waals surface area (Å²) in [5, 5.41) is 21.6. The van der Waals surface area contributed by atoms with E-state index in [9.17, 15) is 5.26 Å². The molecule has 3 aromatic rings. The number of fused-ring (bicyclic) bond motifs is 1. The lowest BCUT2D eigenvalue weighted by Crippen LogP contribution is -2.37. The molecule has 196 valence electrons. The number of anilines is 1. The number of nitrogens with one attached hydrogen (secondary N) is 1. The Labute approximate surface area is 218 Å². The molecule has 8 nitrogen and oxygen atoms in total. The van der Waals surface area contributed by atoms with Crippen LogP contribution in [0, 0.1) is 11.3 Å². The molecule has 1 aromatic heterocycles. The SMILES string of the molecule is CCOc1ccc2c(C#N)c(-c3ccc(NCCCN4CCOCC4)cc3)n(C3CCC3)c2c1.O=CO. The minimum Gasteiger partial charge on any atom is -0.494 e. The quantitative estimate of drug-likeness (QED) is 0.307. The van der Waals surface area contributed by atoms with Crippen LogP contribution in [0.15, 0.2) is 42.5 Å². The molecule has 1 aliphatic carbocycles. The van der Waals surface area contributed by atoms with Gasteiger partial charge in [-0.25, -0.2) is 0 Å². The van der Waals surface area contributed by atoms with Crippen molar-refractivity contribution in [2.24, 2.45) is 0 Å². The van der Waals surface area contributed by atoms with Crippen molar-refractivity contribution < 1.29 is 19.4 Å². The fraction of sp³-hybridized carbons (Fsp3) is 0.448. The second-order valence-corrected chi connectivity index (χ2v) is 9.32. The van der Waals surface area contributed by atoms with E-state index in [1.54, 1.807) is 0 Å². The lowest BCUT2D eigenvalue weighted by molar-refractivity contribution is -0.122. The molecule has 0 amide bonds. The van der Waals surface area contributed by atoms with Crippen molar-refractivity contribution in [2.75, 3.05) is 51.3 Å². The van der Waals surface area contributed by atoms with Gasteiger partial charge in [0.2, 0.25) is 0 Å². The monoisotopic (exact) mass is 504 g/mol. The lowest BCUT2D eigenvalue weighted by atomic mass is 9.92. The van der Waals surface area contributed by atoms with E-state index >= 15 is 0 Å². The normalized spacial score (nSPS) is 15.8. The van der Waals surface area contributed by atoms with E-state index < -0.39 is 0 Å². The highest BCUT2D eigenvalue weighted by molar-refractivity contribution is 5.95. The molecule has 2 aliphatic rings. The van der Waals surface area contributed by atoms with Gasteiger partial charge in [0.25, 0.3) is 6.47 Å². The van der Waals surface area contributed by atoms with Gasteiger partial charge in [0, 0.05) is 42.8 Å². The molecule has 1 saturated carbocycles. The second-order valence-electron chi connectivity index (χ2n) is 9.32. The zero-order chi connectivity index (χ0) is 26.0. The van der Waals surface area contributed by atoms with Crippen molar-refractivity contribution in [3.63, 3.8) is 0 Å². The standard InChI is InChI=1S/C28H34N4O2.CH2O2/c1-2-34-24-11-12-25-26(20-29)28(32(27(25)19-24)23-5-3-6-23)21-7-9-22(10-8-21)30-13-4-14-31-15-17-33-18-16-31;2-1-3/h7-12,19,23,30H,2-6,13-18H2,1H3;1H,(H,2,3). The number of carbonyl (C=O) groups is 1. The molecule has 8 heteroatoms. The van der Waals surface area contributed by atoms with E-state index in [4.69, 9.17) is 19.4 Å². The average Bonchev–Trinajstić information content (AvgIpc) is 3.20. The molecule has 0 unspecified atom stereocenters. The van der Waals surface area contributed by atoms with Crippen LogP contribution in [0.3, 0.4) is 0 Å². The van der Waals surface area contributed by atoms with Crippen LogP contribution in [0.4, 0.5) is 5.69 Å². The Morgan fingerprint density at radius 1 is 1.19 bits per heavy atom. The van der Waals surface area contributed by atoms with Crippen LogP contribution >= 0.6 is 0 Å². The molecular formula is C29H36N4O4. The van der Waals surface area contributed by atoms with Gasteiger partial charge in [0.1, 0.15) is 11.8 Å². The molecule has 0 bridgehead atoms. The number of nitrogens with zero attached hydrogens (tertiary/aromatic N) is 3. The zero-order valence-electron chi connectivity index (χ0n) is 21.5. The third kappa shape index (κ3) is 6.24. The maximum Gasteiger partial charge on any atom is 0.290 e. The van der Waals surface area contributed by atoms with Crippen molar-refractivity contribution in [2.45, 2.75) is 38.6 Å². The van der Waals surface area contributed by atoms with E-state index in [-0.39, 0.29) is 6.47 Å². The molecule has 0 spiro atoms. The Bertz CT molecular complexity index is 1210. The van der Waals surface area contributed by atoms with Crippen LogP contribution in [0.5, 0.6) is 5.75 Å². The van der Waals surface area contributed by atoms with Crippen molar-refractivity contribution >= 4 is 23.1 Å². The lowest BCUT2D eigenvalue weighted by Gasteiger charge is -2.30. The van der Waals surface area contributed by atoms with Crippen LogP contribution in [-0.2, 0) is 9.53 Å². The summed E-state index contributed by atoms with van der Waals surface area (Å²) in [6.45, 7) is 8.21. The number of ether oxygens (including phenoxy) is 2. The summed E-state index contributed by atoms with van der Waals surface area (Å²) in [5.41, 5.74) is 5.11. The highest BCUT2D eigenvalue weighted by Gasteiger charge is 2.28. The maximum atomic E-state index is 10.1. The Kier molecular flexibility index (Phi) is 9.41. The zero-order valence-corrected chi connectivity index (χ0v) is 21.5. The number of hydrogen-bond acceptors (Lipinski definition) is 6. The van der Waals surface area contributed by atoms with Crippen LogP contribution in [0.2, 0.25) is 0 Å². The van der Waals surface area contributed by atoms with Crippen molar-refractivity contribution in [1.29, 1.82) is 5.26 Å². The first kappa shape index (κ1) is 26.5. The molecule has 1 saturated heterocycles. The minimum absolute atomic E-state index is 0.250. The van der Waals surface area contributed by atoms with Crippen molar-refractivity contribution in [1.82, 2.24) is 9.47 Å². The van der Waals surface area contributed by atoms with Crippen molar-refractivity contribution in [3.8, 4) is 23.1 Å². The van der Waals surface area contributed by atoms with Gasteiger partial charge in [-0.3, -0.25) is 9.69 Å². The maximum absolute atomic E-state index is 10.1. The van der Waals surface area contributed by atoms with Gasteiger partial charge in [0.05, 0.1) is 36.6 Å². The Hall–Kier alpha value is -3.54. The van der Waals surface area contributed by atoms with Gasteiger partial charge in [-0.2, -0.15) is 5.26 Å². The number of morpholine rings is 1. The van der Waals surface area contributed by atoms with Crippen LogP contribution in [0.1, 0.15) is 44.2 Å². The largest absolute Gasteiger partial charge is 0.494 e. The molecule has 37 heavy (non-hydrogen) atoms. The van der Waals surface area contributed by atoms with E-state index in [1.807, 2.05) is 19.1 Å². The van der Waals surface area contributed by atoms with Crippen molar-refractivity contribution in [3.05, 3.63) is 48.0 Å². The first-order valence-corrected chi connectivity index (χ1v) is 13.1. The van der Waals surface area contributed by atoms with E-state index in [1.165, 1.54) is 6.42 Å². The summed E-state index contributed by atoms with van der Waals surface area (Å²) >= 11 is 0. The van der Waals surface area contributed by atoms with Gasteiger partial charge in [-0.05, 0) is 69.0 Å². The van der Waals surface area contributed by atoms with Gasteiger partial charge in [-0.1, -0.05) is 12.1 Å². The molecule has 0 atom stereocenters. The van der Waals surface area contributed by atoms with Crippen LogP contribution in [-0.4, -0.2) is 67.0 Å². The van der Waals surface area contributed by atoms with Gasteiger partial charge < -0.3 is 24.5 Å². The Morgan fingerprint density at radius 3 is 2.54 bits per heavy atom. The summed E-state index contributed by atoms with van der Waals surface area (Å²) < 4.78 is 13.6. The molecule has 2 N–H and O–H groups in total. The highest BCUT2D eigenvalue weighted by Crippen LogP contribution is 2.43. The van der Waals surface area contributed by atoms with E-state index in [2.05, 4.69) is 51.2 Å². The number of aromatic nitrogens is 1. The third-order valence-electron chi connectivity index (χ3n) is 7.08. The Balaban J connectivity index is 0.00000102. The third-order valence-corrected chi connectivity index (χ3v) is 7.08. The van der Waals surface area contributed by atoms with E-state index in [0.29, 0.717) is 12.6 Å². The molecule has 5 rings (SSSR count). The number of hydrogen-bond donors (Lipinski definition) is 2. The molecule has 2 aromatic carbocycles. The number of nitriles is 1. The van der Waals surface area contributed by atoms with Crippen LogP contribution < -0.4 is 10.1 Å². The van der Waals surface area contributed by atoms with Crippen LogP contribution in [0.25, 0.3) is 22.2 Å². The summed E-state index contributed by atoms with van der Waals surface area (Å²) in [5.74, 6) is 0.862. The molecule has 1 aliphatic heterocycles. The Morgan fingerprint density at radius 2 is 1.92 bits per heavy atom. The first-order chi connectivity index (χ1) is 18.2. The van der Waals surface area contributed by atoms with Gasteiger partial charge in [0.15, 0.2) is 0 Å². The number of carboxylic acid groups (broad SMARTS) is 1. The molecular weight excluding hydrogens is 468 g/mol. The molecule has 2 heterocycles. The van der Waals surface area contributed by atoms with Gasteiger partial charge >= 0.3 is 0 Å². The summed E-state index contributed by atoms with van der Waals surface area (Å²) in [7, 11) is 0. The van der Waals surface area contributed by atoms with E-state index in [0.717, 1.165) is 97.8 Å². The van der Waals surface area contributed by atoms with Gasteiger partial charge in [-0.15, -0.1) is 0 Å². The predicted molar refractivity (Wildman–Crippen MR) is 145 cm³/mol. The smallest absolute Gasteiger partial charge is 0.290 e. The predicted octanol–water partition coefficient (Wildman–Crippen LogP) is 5.14. The topological polar surface area (TPSA) is 99.8 Å². The molecule has 0 radical (unpaired) electrons. The second kappa shape index (κ2) is 13.1. The summed E-state index contributed by atoms with van der Waals surface area (Å²) in [4.78, 5) is 10.8. The highest BCUT2D eigenvalue weighted by atomic mass is 16.5. The number of benzene rings is 2. The minimum atomic E-state index is -0.250. The fourth-order valence-corrected chi connectivity index (χ4v) is 5.07. The number of rotatable bonds is 9. The molecule has 2 fully saturated rings. The average molecular weight is 505 g/mol. The summed E-state index contributed by atoms with van der Waals surface area (Å²) in [6, 6.07) is 17.7.